The Labute approximate surface area is 160 Å². The van der Waals surface area contributed by atoms with E-state index >= 15 is 0 Å². The molecule has 3 nitrogen and oxygen atoms in total. The minimum atomic E-state index is -0.776. The van der Waals surface area contributed by atoms with E-state index in [-0.39, 0.29) is 11.0 Å². The van der Waals surface area contributed by atoms with Gasteiger partial charge in [-0.25, -0.2) is 0 Å². The third kappa shape index (κ3) is 3.56. The van der Waals surface area contributed by atoms with Crippen LogP contribution in [-0.2, 0) is 5.54 Å². The molecule has 1 heterocycles. The predicted molar refractivity (Wildman–Crippen MR) is 107 cm³/mol. The third-order valence-corrected chi connectivity index (χ3v) is 6.28. The SMILES string of the molecule is CSC(CC(=O)c1ccccc1)C(C#N)(c1ccccc1)N1CCCC1. The smallest absolute Gasteiger partial charge is 0.164 e. The molecule has 2 atom stereocenters. The molecule has 0 saturated carbocycles. The average molecular weight is 365 g/mol. The van der Waals surface area contributed by atoms with Crippen LogP contribution in [0.15, 0.2) is 60.7 Å². The quantitative estimate of drug-likeness (QED) is 0.678. The molecule has 0 aromatic heterocycles. The second-order valence-corrected chi connectivity index (χ2v) is 7.70. The van der Waals surface area contributed by atoms with E-state index in [0.717, 1.165) is 31.5 Å². The van der Waals surface area contributed by atoms with E-state index in [9.17, 15) is 10.1 Å². The van der Waals surface area contributed by atoms with Gasteiger partial charge in [-0.3, -0.25) is 9.69 Å². The van der Waals surface area contributed by atoms with Crippen molar-refractivity contribution in [1.29, 1.82) is 5.26 Å². The van der Waals surface area contributed by atoms with Gasteiger partial charge in [-0.15, -0.1) is 0 Å². The molecule has 26 heavy (non-hydrogen) atoms. The first-order valence-corrected chi connectivity index (χ1v) is 10.3. The van der Waals surface area contributed by atoms with Crippen molar-refractivity contribution in [3.63, 3.8) is 0 Å². The molecule has 2 aromatic carbocycles. The number of hydrogen-bond acceptors (Lipinski definition) is 4. The van der Waals surface area contributed by atoms with Crippen molar-refractivity contribution < 1.29 is 4.79 Å². The van der Waals surface area contributed by atoms with Gasteiger partial charge in [0.05, 0.1) is 6.07 Å². The number of thioether (sulfide) groups is 1. The lowest BCUT2D eigenvalue weighted by molar-refractivity contribution is 0.0946. The largest absolute Gasteiger partial charge is 0.294 e. The molecule has 1 aliphatic heterocycles. The van der Waals surface area contributed by atoms with Crippen molar-refractivity contribution in [1.82, 2.24) is 4.90 Å². The fourth-order valence-electron chi connectivity index (χ4n) is 3.85. The minimum Gasteiger partial charge on any atom is -0.294 e. The van der Waals surface area contributed by atoms with Crippen molar-refractivity contribution in [2.45, 2.75) is 30.1 Å². The van der Waals surface area contributed by atoms with Gasteiger partial charge in [0.15, 0.2) is 5.78 Å². The zero-order chi connectivity index (χ0) is 18.4. The molecule has 3 rings (SSSR count). The lowest BCUT2D eigenvalue weighted by Crippen LogP contribution is -2.51. The Hall–Kier alpha value is -2.09. The molecule has 1 saturated heterocycles. The maximum Gasteiger partial charge on any atom is 0.164 e. The van der Waals surface area contributed by atoms with E-state index in [1.54, 1.807) is 11.8 Å². The third-order valence-electron chi connectivity index (χ3n) is 5.21. The van der Waals surface area contributed by atoms with Gasteiger partial charge < -0.3 is 0 Å². The molecule has 2 aromatic rings. The summed E-state index contributed by atoms with van der Waals surface area (Å²) in [5.74, 6) is 0.0969. The van der Waals surface area contributed by atoms with Crippen molar-refractivity contribution in [3.05, 3.63) is 71.8 Å². The first-order chi connectivity index (χ1) is 12.7. The Bertz CT molecular complexity index is 766. The van der Waals surface area contributed by atoms with Crippen LogP contribution in [0, 0.1) is 11.3 Å². The number of rotatable bonds is 7. The summed E-state index contributed by atoms with van der Waals surface area (Å²) < 4.78 is 0. The highest BCUT2D eigenvalue weighted by Gasteiger charge is 2.47. The van der Waals surface area contributed by atoms with Crippen LogP contribution in [0.5, 0.6) is 0 Å². The molecule has 0 N–H and O–H groups in total. The van der Waals surface area contributed by atoms with E-state index < -0.39 is 5.54 Å². The summed E-state index contributed by atoms with van der Waals surface area (Å²) in [6.07, 6.45) is 4.56. The normalized spacial score (nSPS) is 18.0. The Kier molecular flexibility index (Phi) is 6.13. The number of Topliss-reactive ketones (excluding diaryl/α,β-unsaturated/α-hetero) is 1. The highest BCUT2D eigenvalue weighted by atomic mass is 32.2. The van der Waals surface area contributed by atoms with Gasteiger partial charge >= 0.3 is 0 Å². The summed E-state index contributed by atoms with van der Waals surface area (Å²) in [6.45, 7) is 1.80. The average Bonchev–Trinajstić information content (AvgIpc) is 3.24. The number of likely N-dealkylation sites (tertiary alicyclic amines) is 1. The maximum atomic E-state index is 12.9. The van der Waals surface area contributed by atoms with E-state index in [1.165, 1.54) is 0 Å². The molecule has 0 bridgehead atoms. The molecule has 1 fully saturated rings. The number of nitrogens with zero attached hydrogens (tertiary/aromatic N) is 2. The lowest BCUT2D eigenvalue weighted by atomic mass is 9.83. The Morgan fingerprint density at radius 2 is 1.69 bits per heavy atom. The van der Waals surface area contributed by atoms with Crippen LogP contribution in [0.1, 0.15) is 35.2 Å². The topological polar surface area (TPSA) is 44.1 Å². The Morgan fingerprint density at radius 1 is 1.12 bits per heavy atom. The van der Waals surface area contributed by atoms with E-state index in [0.29, 0.717) is 12.0 Å². The Morgan fingerprint density at radius 3 is 2.23 bits per heavy atom. The van der Waals surface area contributed by atoms with Gasteiger partial charge in [0.2, 0.25) is 0 Å². The molecule has 1 aliphatic rings. The standard InChI is InChI=1S/C22H24N2OS/c1-26-21(16-20(25)18-10-4-2-5-11-18)22(17-23,24-14-8-9-15-24)19-12-6-3-7-13-19/h2-7,10-13,21H,8-9,14-16H2,1H3. The van der Waals surface area contributed by atoms with Gasteiger partial charge in [-0.1, -0.05) is 60.7 Å². The number of ketones is 1. The zero-order valence-electron chi connectivity index (χ0n) is 15.1. The molecule has 2 unspecified atom stereocenters. The summed E-state index contributed by atoms with van der Waals surface area (Å²) in [4.78, 5) is 15.2. The number of carbonyl (C=O) groups is 1. The number of carbonyl (C=O) groups excluding carboxylic acids is 1. The summed E-state index contributed by atoms with van der Waals surface area (Å²) >= 11 is 1.62. The zero-order valence-corrected chi connectivity index (χ0v) is 15.9. The van der Waals surface area contributed by atoms with Crippen LogP contribution in [0.2, 0.25) is 0 Å². The minimum absolute atomic E-state index is 0.0969. The van der Waals surface area contributed by atoms with Crippen molar-refractivity contribution >= 4 is 17.5 Å². The first-order valence-electron chi connectivity index (χ1n) is 9.05. The fourth-order valence-corrected chi connectivity index (χ4v) is 4.85. The van der Waals surface area contributed by atoms with Crippen molar-refractivity contribution in [3.8, 4) is 6.07 Å². The molecule has 134 valence electrons. The summed E-state index contributed by atoms with van der Waals surface area (Å²) in [7, 11) is 0. The Balaban J connectivity index is 1.99. The fraction of sp³-hybridized carbons (Fsp3) is 0.364. The molecule has 0 radical (unpaired) electrons. The van der Waals surface area contributed by atoms with Crippen LogP contribution in [-0.4, -0.2) is 35.3 Å². The summed E-state index contributed by atoms with van der Waals surface area (Å²) in [5.41, 5.74) is 0.930. The molecule has 0 spiro atoms. The van der Waals surface area contributed by atoms with E-state index in [4.69, 9.17) is 0 Å². The molecule has 0 aliphatic carbocycles. The highest BCUT2D eigenvalue weighted by Crippen LogP contribution is 2.41. The van der Waals surface area contributed by atoms with Crippen LogP contribution < -0.4 is 0 Å². The molecule has 0 amide bonds. The maximum absolute atomic E-state index is 12.9. The van der Waals surface area contributed by atoms with Gasteiger partial charge in [-0.05, 0) is 24.7 Å². The van der Waals surface area contributed by atoms with Crippen molar-refractivity contribution in [2.75, 3.05) is 19.3 Å². The second kappa shape index (κ2) is 8.53. The van der Waals surface area contributed by atoms with Crippen LogP contribution in [0.25, 0.3) is 0 Å². The number of hydrogen-bond donors (Lipinski definition) is 0. The van der Waals surface area contributed by atoms with E-state index in [2.05, 4.69) is 11.0 Å². The van der Waals surface area contributed by atoms with Gasteiger partial charge in [-0.2, -0.15) is 17.0 Å². The summed E-state index contributed by atoms with van der Waals surface area (Å²) in [5, 5.41) is 10.2. The van der Waals surface area contributed by atoms with E-state index in [1.807, 2.05) is 66.9 Å². The van der Waals surface area contributed by atoms with Crippen LogP contribution in [0.3, 0.4) is 0 Å². The summed E-state index contributed by atoms with van der Waals surface area (Å²) in [6, 6.07) is 22.0. The highest BCUT2D eigenvalue weighted by molar-refractivity contribution is 7.99. The van der Waals surface area contributed by atoms with Crippen molar-refractivity contribution in [2.24, 2.45) is 0 Å². The van der Waals surface area contributed by atoms with Gasteiger partial charge in [0.25, 0.3) is 0 Å². The predicted octanol–water partition coefficient (Wildman–Crippen LogP) is 4.51. The monoisotopic (exact) mass is 364 g/mol. The van der Waals surface area contributed by atoms with Crippen LogP contribution in [0.4, 0.5) is 0 Å². The van der Waals surface area contributed by atoms with Gasteiger partial charge in [0, 0.05) is 30.3 Å². The number of nitriles is 1. The van der Waals surface area contributed by atoms with Crippen LogP contribution >= 0.6 is 11.8 Å². The second-order valence-electron chi connectivity index (χ2n) is 6.66. The molecular weight excluding hydrogens is 340 g/mol. The lowest BCUT2D eigenvalue weighted by Gasteiger charge is -2.41. The molecule has 4 heteroatoms. The number of benzene rings is 2. The van der Waals surface area contributed by atoms with Gasteiger partial charge in [0.1, 0.15) is 5.54 Å². The first kappa shape index (κ1) is 18.7. The molecular formula is C22H24N2OS.